The Balaban J connectivity index is 1.61. The summed E-state index contributed by atoms with van der Waals surface area (Å²) in [6, 6.07) is 11.6. The highest BCUT2D eigenvalue weighted by atomic mass is 16.2. The summed E-state index contributed by atoms with van der Waals surface area (Å²) >= 11 is 0. The average molecular weight is 540 g/mol. The lowest BCUT2D eigenvalue weighted by molar-refractivity contribution is -0.127. The molecule has 0 atom stereocenters. The second kappa shape index (κ2) is 13.0. The molecule has 9 nitrogen and oxygen atoms in total. The van der Waals surface area contributed by atoms with Crippen LogP contribution in [0.1, 0.15) is 45.1 Å². The van der Waals surface area contributed by atoms with Crippen molar-refractivity contribution in [3.63, 3.8) is 0 Å². The van der Waals surface area contributed by atoms with Gasteiger partial charge in [-0.15, -0.1) is 0 Å². The highest BCUT2D eigenvalue weighted by Gasteiger charge is 2.21. The van der Waals surface area contributed by atoms with Crippen molar-refractivity contribution in [1.82, 2.24) is 20.0 Å². The summed E-state index contributed by atoms with van der Waals surface area (Å²) in [5, 5.41) is 16.5. The number of aryl methyl sites for hydroxylation is 1. The van der Waals surface area contributed by atoms with E-state index in [9.17, 15) is 9.59 Å². The fourth-order valence-electron chi connectivity index (χ4n) is 4.79. The van der Waals surface area contributed by atoms with Crippen LogP contribution >= 0.6 is 0 Å². The highest BCUT2D eigenvalue weighted by Crippen LogP contribution is 2.33. The summed E-state index contributed by atoms with van der Waals surface area (Å²) in [7, 11) is 1.77. The van der Waals surface area contributed by atoms with Gasteiger partial charge in [0.1, 0.15) is 5.84 Å². The third-order valence-electron chi connectivity index (χ3n) is 6.77. The average Bonchev–Trinajstić information content (AvgIpc) is 3.12. The lowest BCUT2D eigenvalue weighted by Crippen LogP contribution is -2.34. The number of carbonyl (C=O) groups excluding carboxylic acids is 1. The number of amidine groups is 1. The van der Waals surface area contributed by atoms with E-state index < -0.39 is 0 Å². The molecule has 1 aliphatic rings. The van der Waals surface area contributed by atoms with Crippen molar-refractivity contribution in [2.24, 2.45) is 10.7 Å². The number of nitrogens with one attached hydrogen (secondary N) is 2. The predicted octanol–water partition coefficient (Wildman–Crippen LogP) is 4.63. The molecule has 0 bridgehead atoms. The molecule has 0 saturated carbocycles. The highest BCUT2D eigenvalue weighted by molar-refractivity contribution is 6.05. The standard InChI is InChI=1S/C31H37N7O2/c1-4-13-37(14-5-2)30(39)24-17-23-7-6-22(18-28(23)36-29(33)19-24)21-8-9-27-25(16-21)20-35-38(31(27)40)15-11-26(32)10-12-34-3/h6-10,12,16-18,20,32,34H,4-5,11,13-15,19H2,1-3H3,(H2,33,36)/b12-10-,32-26?. The molecule has 0 spiro atoms. The third-order valence-corrected chi connectivity index (χ3v) is 6.77. The zero-order valence-corrected chi connectivity index (χ0v) is 23.4. The maximum atomic E-state index is 13.3. The number of hydrogen-bond acceptors (Lipinski definition) is 7. The molecular formula is C31H37N7O2. The Morgan fingerprint density at radius 2 is 1.88 bits per heavy atom. The zero-order chi connectivity index (χ0) is 28.6. The quantitative estimate of drug-likeness (QED) is 0.306. The Kier molecular flexibility index (Phi) is 9.27. The maximum Gasteiger partial charge on any atom is 0.274 e. The Labute approximate surface area is 234 Å². The van der Waals surface area contributed by atoms with E-state index in [1.54, 1.807) is 25.5 Å². The number of nitrogens with two attached hydrogens (primary N) is 1. The SMILES string of the molecule is CCCN(CCC)C(=O)C1=Cc2ccc(-c3ccc4c(=O)n(CCC(=N)/C=C\NC)ncc4c3)cc2N=C(N)C1. The van der Waals surface area contributed by atoms with E-state index in [4.69, 9.17) is 11.1 Å². The van der Waals surface area contributed by atoms with Gasteiger partial charge in [0.05, 0.1) is 23.8 Å². The Bertz CT molecular complexity index is 1560. The van der Waals surface area contributed by atoms with Crippen molar-refractivity contribution in [2.45, 2.75) is 46.1 Å². The number of amides is 1. The summed E-state index contributed by atoms with van der Waals surface area (Å²) in [4.78, 5) is 32.8. The summed E-state index contributed by atoms with van der Waals surface area (Å²) in [5.41, 5.74) is 10.5. The van der Waals surface area contributed by atoms with Gasteiger partial charge in [-0.25, -0.2) is 9.67 Å². The van der Waals surface area contributed by atoms with E-state index in [0.717, 1.165) is 34.9 Å². The van der Waals surface area contributed by atoms with E-state index in [1.807, 2.05) is 47.4 Å². The monoisotopic (exact) mass is 539 g/mol. The van der Waals surface area contributed by atoms with Crippen molar-refractivity contribution in [1.29, 1.82) is 5.41 Å². The molecule has 4 rings (SSSR count). The van der Waals surface area contributed by atoms with Crippen molar-refractivity contribution in [3.05, 3.63) is 76.4 Å². The van der Waals surface area contributed by atoms with Crippen LogP contribution < -0.4 is 16.6 Å². The van der Waals surface area contributed by atoms with Crippen LogP contribution in [0.4, 0.5) is 5.69 Å². The van der Waals surface area contributed by atoms with Crippen LogP contribution in [0.3, 0.4) is 0 Å². The molecule has 2 heterocycles. The fraction of sp³-hybridized carbons (Fsp3) is 0.323. The van der Waals surface area contributed by atoms with Crippen LogP contribution in [0, 0.1) is 5.41 Å². The molecule has 1 amide bonds. The normalized spacial score (nSPS) is 13.0. The van der Waals surface area contributed by atoms with Crippen LogP contribution in [0.5, 0.6) is 0 Å². The predicted molar refractivity (Wildman–Crippen MR) is 163 cm³/mol. The fourth-order valence-corrected chi connectivity index (χ4v) is 4.79. The molecule has 1 aliphatic heterocycles. The molecule has 40 heavy (non-hydrogen) atoms. The summed E-state index contributed by atoms with van der Waals surface area (Å²) in [6.07, 6.45) is 9.46. The number of nitrogens with zero attached hydrogens (tertiary/aromatic N) is 4. The van der Waals surface area contributed by atoms with Crippen LogP contribution in [-0.4, -0.2) is 52.3 Å². The number of aliphatic imine (C=N–C) groups is 1. The van der Waals surface area contributed by atoms with Crippen molar-refractivity contribution >= 4 is 40.0 Å². The first-order valence-corrected chi connectivity index (χ1v) is 13.7. The minimum Gasteiger partial charge on any atom is -0.394 e. The first-order valence-electron chi connectivity index (χ1n) is 13.7. The molecule has 0 saturated heterocycles. The molecule has 3 aromatic rings. The molecule has 0 aliphatic carbocycles. The number of hydrogen-bond donors (Lipinski definition) is 3. The van der Waals surface area contributed by atoms with Crippen molar-refractivity contribution < 1.29 is 4.79 Å². The van der Waals surface area contributed by atoms with Gasteiger partial charge in [0.2, 0.25) is 5.91 Å². The van der Waals surface area contributed by atoms with E-state index in [-0.39, 0.29) is 11.5 Å². The lowest BCUT2D eigenvalue weighted by atomic mass is 9.99. The lowest BCUT2D eigenvalue weighted by Gasteiger charge is -2.22. The van der Waals surface area contributed by atoms with E-state index in [2.05, 4.69) is 29.3 Å². The number of allylic oxidation sites excluding steroid dienone is 1. The van der Waals surface area contributed by atoms with Gasteiger partial charge >= 0.3 is 0 Å². The maximum absolute atomic E-state index is 13.3. The van der Waals surface area contributed by atoms with Crippen LogP contribution in [0.2, 0.25) is 0 Å². The molecule has 208 valence electrons. The number of rotatable bonds is 11. The summed E-state index contributed by atoms with van der Waals surface area (Å²) in [5.74, 6) is 0.416. The minimum atomic E-state index is -0.184. The molecule has 2 aromatic carbocycles. The van der Waals surface area contributed by atoms with Gasteiger partial charge in [-0.1, -0.05) is 32.0 Å². The largest absolute Gasteiger partial charge is 0.394 e. The molecule has 4 N–H and O–H groups in total. The minimum absolute atomic E-state index is 0.0118. The van der Waals surface area contributed by atoms with Gasteiger partial charge < -0.3 is 21.4 Å². The van der Waals surface area contributed by atoms with E-state index in [1.165, 1.54) is 4.68 Å². The smallest absolute Gasteiger partial charge is 0.274 e. The van der Waals surface area contributed by atoms with E-state index in [0.29, 0.717) is 60.7 Å². The van der Waals surface area contributed by atoms with Gasteiger partial charge in [0.25, 0.3) is 5.56 Å². The van der Waals surface area contributed by atoms with Gasteiger partial charge in [-0.2, -0.15) is 5.10 Å². The molecular weight excluding hydrogens is 502 g/mol. The second-order valence-electron chi connectivity index (χ2n) is 9.89. The Morgan fingerprint density at radius 1 is 1.15 bits per heavy atom. The zero-order valence-electron chi connectivity index (χ0n) is 23.4. The first kappa shape index (κ1) is 28.5. The van der Waals surface area contributed by atoms with Crippen molar-refractivity contribution in [3.8, 4) is 11.1 Å². The Morgan fingerprint density at radius 3 is 2.60 bits per heavy atom. The van der Waals surface area contributed by atoms with Gasteiger partial charge in [-0.3, -0.25) is 9.59 Å². The Hall–Kier alpha value is -4.53. The first-order chi connectivity index (χ1) is 19.3. The van der Waals surface area contributed by atoms with Crippen LogP contribution in [0.15, 0.2) is 70.2 Å². The second-order valence-corrected chi connectivity index (χ2v) is 9.89. The van der Waals surface area contributed by atoms with Crippen LogP contribution in [-0.2, 0) is 11.3 Å². The van der Waals surface area contributed by atoms with Gasteiger partial charge in [0, 0.05) is 55.2 Å². The third kappa shape index (κ3) is 6.54. The summed E-state index contributed by atoms with van der Waals surface area (Å²) in [6.45, 7) is 5.90. The number of benzene rings is 2. The van der Waals surface area contributed by atoms with E-state index >= 15 is 0 Å². The summed E-state index contributed by atoms with van der Waals surface area (Å²) < 4.78 is 1.40. The molecule has 0 unspecified atom stereocenters. The number of carbonyl (C=O) groups is 1. The molecule has 1 aromatic heterocycles. The topological polar surface area (TPSA) is 129 Å². The molecule has 0 radical (unpaired) electrons. The van der Waals surface area contributed by atoms with Gasteiger partial charge in [-0.05, 0) is 60.5 Å². The number of fused-ring (bicyclic) bond motifs is 2. The number of aromatic nitrogens is 2. The molecule has 9 heteroatoms. The van der Waals surface area contributed by atoms with Crippen LogP contribution in [0.25, 0.3) is 28.0 Å². The van der Waals surface area contributed by atoms with Crippen molar-refractivity contribution in [2.75, 3.05) is 20.1 Å². The molecule has 0 fully saturated rings. The van der Waals surface area contributed by atoms with Gasteiger partial charge in [0.15, 0.2) is 0 Å².